The third-order valence-corrected chi connectivity index (χ3v) is 11.1. The van der Waals surface area contributed by atoms with E-state index in [1.54, 1.807) is 0 Å². The number of fused-ring (bicyclic) bond motifs is 5. The van der Waals surface area contributed by atoms with Gasteiger partial charge in [-0.15, -0.1) is 0 Å². The van der Waals surface area contributed by atoms with Crippen LogP contribution in [0.25, 0.3) is 111 Å². The van der Waals surface area contributed by atoms with Crippen LogP contribution in [0.2, 0.25) is 0 Å². The summed E-state index contributed by atoms with van der Waals surface area (Å²) in [5.74, 6) is 0. The van der Waals surface area contributed by atoms with Gasteiger partial charge < -0.3 is 0 Å². The molecule has 1 aromatic heterocycles. The zero-order valence-electron chi connectivity index (χ0n) is 32.3. The monoisotopic (exact) mass is 717 g/mol. The molecule has 56 heavy (non-hydrogen) atoms. The summed E-state index contributed by atoms with van der Waals surface area (Å²) in [4.78, 5) is 5.17. The second-order valence-corrected chi connectivity index (χ2v) is 14.1. The van der Waals surface area contributed by atoms with E-state index in [4.69, 9.17) is 4.98 Å². The third kappa shape index (κ3) is 5.93. The molecule has 10 aromatic rings. The Kier molecular flexibility index (Phi) is 9.21. The lowest BCUT2D eigenvalue weighted by atomic mass is 9.84. The maximum Gasteiger partial charge on any atom is 0.0787 e. The minimum absolute atomic E-state index is 1.01. The largest absolute Gasteiger partial charge is 0.247 e. The number of hydrogen-bond donors (Lipinski definition) is 0. The Morgan fingerprint density at radius 2 is 0.786 bits per heavy atom. The van der Waals surface area contributed by atoms with E-state index in [0.29, 0.717) is 0 Å². The first kappa shape index (κ1) is 34.9. The first-order valence-corrected chi connectivity index (χ1v) is 19.8. The van der Waals surface area contributed by atoms with E-state index in [9.17, 15) is 0 Å². The summed E-state index contributed by atoms with van der Waals surface area (Å²) in [6.07, 6.45) is 4.27. The molecule has 1 heterocycles. The van der Waals surface area contributed by atoms with Gasteiger partial charge in [-0.1, -0.05) is 184 Å². The van der Waals surface area contributed by atoms with Crippen LogP contribution >= 0.6 is 0 Å². The van der Waals surface area contributed by atoms with Crippen molar-refractivity contribution in [2.45, 2.75) is 27.7 Å². The second-order valence-electron chi connectivity index (χ2n) is 14.1. The third-order valence-electron chi connectivity index (χ3n) is 11.1. The number of aromatic nitrogens is 1. The molecule has 0 aliphatic carbocycles. The molecule has 0 saturated carbocycles. The highest BCUT2D eigenvalue weighted by molar-refractivity contribution is 6.22. The van der Waals surface area contributed by atoms with Crippen molar-refractivity contribution in [3.05, 3.63) is 186 Å². The number of benzene rings is 9. The van der Waals surface area contributed by atoms with E-state index in [1.807, 2.05) is 13.8 Å². The first-order valence-electron chi connectivity index (χ1n) is 19.8. The summed E-state index contributed by atoms with van der Waals surface area (Å²) >= 11 is 0. The van der Waals surface area contributed by atoms with Gasteiger partial charge >= 0.3 is 0 Å². The molecule has 1 nitrogen and oxygen atoms in total. The van der Waals surface area contributed by atoms with Crippen LogP contribution in [-0.4, -0.2) is 4.98 Å². The van der Waals surface area contributed by atoms with E-state index in [0.717, 1.165) is 16.6 Å². The van der Waals surface area contributed by atoms with Gasteiger partial charge in [-0.3, -0.25) is 0 Å². The molecule has 10 rings (SSSR count). The molecular formula is C55H43N. The van der Waals surface area contributed by atoms with Gasteiger partial charge in [-0.2, -0.15) is 0 Å². The van der Waals surface area contributed by atoms with Gasteiger partial charge in [0, 0.05) is 16.2 Å². The lowest BCUT2D eigenvalue weighted by Gasteiger charge is -2.19. The molecule has 0 aliphatic rings. The molecule has 0 saturated heterocycles. The lowest BCUT2D eigenvalue weighted by molar-refractivity contribution is 1.25. The van der Waals surface area contributed by atoms with Crippen molar-refractivity contribution >= 4 is 66.0 Å². The predicted octanol–water partition coefficient (Wildman–Crippen LogP) is 14.1. The highest BCUT2D eigenvalue weighted by Crippen LogP contribution is 2.45. The topological polar surface area (TPSA) is 12.9 Å². The summed E-state index contributed by atoms with van der Waals surface area (Å²) in [5, 5.41) is 14.6. The van der Waals surface area contributed by atoms with Crippen LogP contribution in [0.1, 0.15) is 27.7 Å². The Morgan fingerprint density at radius 1 is 0.339 bits per heavy atom. The molecule has 1 heteroatoms. The molecule has 0 amide bonds. The summed E-state index contributed by atoms with van der Waals surface area (Å²) in [5.41, 5.74) is 9.48. The van der Waals surface area contributed by atoms with Crippen molar-refractivity contribution in [3.8, 4) is 44.6 Å². The summed E-state index contributed by atoms with van der Waals surface area (Å²) < 4.78 is 0. The van der Waals surface area contributed by atoms with Crippen molar-refractivity contribution in [2.24, 2.45) is 0 Å². The van der Waals surface area contributed by atoms with E-state index >= 15 is 0 Å². The number of hydrogen-bond acceptors (Lipinski definition) is 1. The summed E-state index contributed by atoms with van der Waals surface area (Å²) in [6.45, 7) is 8.16. The average Bonchev–Trinajstić information content (AvgIpc) is 3.27. The van der Waals surface area contributed by atoms with Gasteiger partial charge in [0.25, 0.3) is 0 Å². The Bertz CT molecular complexity index is 3220. The molecule has 0 fully saturated rings. The van der Waals surface area contributed by atoms with Gasteiger partial charge in [-0.25, -0.2) is 4.98 Å². The fourth-order valence-electron chi connectivity index (χ4n) is 8.54. The molecule has 0 unspecified atom stereocenters. The molecule has 0 bridgehead atoms. The van der Waals surface area contributed by atoms with Crippen molar-refractivity contribution < 1.29 is 0 Å². The van der Waals surface area contributed by atoms with Gasteiger partial charge in [0.2, 0.25) is 0 Å². The molecule has 268 valence electrons. The highest BCUT2D eigenvalue weighted by Gasteiger charge is 2.18. The minimum atomic E-state index is 1.01. The highest BCUT2D eigenvalue weighted by atomic mass is 14.7. The molecule has 0 spiro atoms. The number of rotatable bonds is 4. The lowest BCUT2D eigenvalue weighted by Crippen LogP contribution is -2.29. The molecule has 9 aromatic carbocycles. The normalized spacial score (nSPS) is 12.1. The van der Waals surface area contributed by atoms with Crippen molar-refractivity contribution in [2.75, 3.05) is 0 Å². The molecule has 0 radical (unpaired) electrons. The zero-order chi connectivity index (χ0) is 38.2. The van der Waals surface area contributed by atoms with Crippen LogP contribution in [0.3, 0.4) is 0 Å². The number of pyridine rings is 1. The zero-order valence-corrected chi connectivity index (χ0v) is 32.3. The standard InChI is InChI=1S/C53H37N.C2H6/c1-3-43-44-17-9-12-20-48(44)53(54-50(43)4-2)37-25-21-36(22-26-37)40-29-30-47-49(33-40)52(42-28-24-35-14-6-8-16-39(35)32-42)46-19-11-10-18-45(46)51(47)41-27-23-34-13-5-7-15-38(34)31-41;1-2/h3-33H,1-2H3;1-2H3/b43-3-,50-4+;. The Hall–Kier alpha value is -6.83. The van der Waals surface area contributed by atoms with E-state index in [-0.39, 0.29) is 0 Å². The van der Waals surface area contributed by atoms with Crippen LogP contribution < -0.4 is 10.6 Å². The van der Waals surface area contributed by atoms with E-state index in [2.05, 4.69) is 202 Å². The smallest absolute Gasteiger partial charge is 0.0787 e. The molecule has 0 aliphatic heterocycles. The average molecular weight is 718 g/mol. The van der Waals surface area contributed by atoms with Crippen LogP contribution in [-0.2, 0) is 0 Å². The van der Waals surface area contributed by atoms with Crippen LogP contribution in [0, 0.1) is 0 Å². The molecule has 0 N–H and O–H groups in total. The van der Waals surface area contributed by atoms with Crippen molar-refractivity contribution in [3.63, 3.8) is 0 Å². The maximum atomic E-state index is 5.17. The molecular weight excluding hydrogens is 675 g/mol. The molecule has 0 atom stereocenters. The first-order chi connectivity index (χ1) is 27.7. The van der Waals surface area contributed by atoms with E-state index in [1.165, 1.54) is 92.5 Å². The fraction of sp³-hybridized carbons (Fsp3) is 0.0727. The fourth-order valence-corrected chi connectivity index (χ4v) is 8.54. The van der Waals surface area contributed by atoms with Gasteiger partial charge in [0.1, 0.15) is 0 Å². The SMILES string of the molecule is C/C=c1\c(=C/C)nc(-c2ccc(-c3ccc4c(-c5ccc6ccccc6c5)c5ccccc5c(-c5ccc6ccccc6c5)c4c3)cc2)c2ccccc12.CC. The predicted molar refractivity (Wildman–Crippen MR) is 244 cm³/mol. The summed E-state index contributed by atoms with van der Waals surface area (Å²) in [7, 11) is 0. The Balaban J connectivity index is 0.00000202. The summed E-state index contributed by atoms with van der Waals surface area (Å²) in [6, 6.07) is 64.7. The van der Waals surface area contributed by atoms with Crippen molar-refractivity contribution in [1.82, 2.24) is 4.98 Å². The van der Waals surface area contributed by atoms with Gasteiger partial charge in [0.05, 0.1) is 11.0 Å². The second kappa shape index (κ2) is 14.8. The quantitative estimate of drug-likeness (QED) is 0.165. The minimum Gasteiger partial charge on any atom is -0.247 e. The Labute approximate surface area is 328 Å². The van der Waals surface area contributed by atoms with Crippen LogP contribution in [0.4, 0.5) is 0 Å². The van der Waals surface area contributed by atoms with E-state index < -0.39 is 0 Å². The number of nitrogens with zero attached hydrogens (tertiary/aromatic N) is 1. The Morgan fingerprint density at radius 3 is 1.36 bits per heavy atom. The van der Waals surface area contributed by atoms with Crippen LogP contribution in [0.15, 0.2) is 176 Å². The van der Waals surface area contributed by atoms with Gasteiger partial charge in [0.15, 0.2) is 0 Å². The van der Waals surface area contributed by atoms with Crippen LogP contribution in [0.5, 0.6) is 0 Å². The van der Waals surface area contributed by atoms with Crippen molar-refractivity contribution in [1.29, 1.82) is 0 Å². The maximum absolute atomic E-state index is 5.17. The van der Waals surface area contributed by atoms with Gasteiger partial charge in [-0.05, 0) is 114 Å².